The van der Waals surface area contributed by atoms with E-state index in [1.165, 1.54) is 0 Å². The van der Waals surface area contributed by atoms with Gasteiger partial charge in [0.1, 0.15) is 24.1 Å². The molecule has 0 aliphatic carbocycles. The van der Waals surface area contributed by atoms with Crippen LogP contribution in [-0.4, -0.2) is 40.5 Å². The SMILES string of the molecule is CCOC(=O)C(N)Cc1cnn(-c2ccc(OCc3ccc(OC)cc3)cn2)c1. The maximum atomic E-state index is 11.7. The van der Waals surface area contributed by atoms with Crippen LogP contribution in [0, 0.1) is 0 Å². The number of benzene rings is 1. The Morgan fingerprint density at radius 1 is 1.10 bits per heavy atom. The van der Waals surface area contributed by atoms with E-state index < -0.39 is 12.0 Å². The Morgan fingerprint density at radius 2 is 1.86 bits per heavy atom. The van der Waals surface area contributed by atoms with Gasteiger partial charge in [-0.25, -0.2) is 9.67 Å². The second-order valence-electron chi connectivity index (χ2n) is 6.34. The molecular formula is C21H24N4O4. The van der Waals surface area contributed by atoms with E-state index >= 15 is 0 Å². The van der Waals surface area contributed by atoms with Gasteiger partial charge in [-0.3, -0.25) is 4.79 Å². The highest BCUT2D eigenvalue weighted by Crippen LogP contribution is 2.16. The summed E-state index contributed by atoms with van der Waals surface area (Å²) in [5.41, 5.74) is 7.71. The van der Waals surface area contributed by atoms with E-state index in [-0.39, 0.29) is 0 Å². The summed E-state index contributed by atoms with van der Waals surface area (Å²) in [5, 5.41) is 4.28. The van der Waals surface area contributed by atoms with Gasteiger partial charge in [0.05, 0.1) is 26.1 Å². The van der Waals surface area contributed by atoms with E-state index in [2.05, 4.69) is 10.1 Å². The van der Waals surface area contributed by atoms with Crippen molar-refractivity contribution in [3.05, 3.63) is 66.1 Å². The number of pyridine rings is 1. The molecule has 0 aliphatic heterocycles. The van der Waals surface area contributed by atoms with Crippen molar-refractivity contribution in [2.75, 3.05) is 13.7 Å². The van der Waals surface area contributed by atoms with Gasteiger partial charge in [-0.05, 0) is 42.3 Å². The largest absolute Gasteiger partial charge is 0.497 e. The summed E-state index contributed by atoms with van der Waals surface area (Å²) >= 11 is 0. The molecule has 0 fully saturated rings. The molecule has 2 aromatic heterocycles. The van der Waals surface area contributed by atoms with Crippen molar-refractivity contribution in [1.82, 2.24) is 14.8 Å². The van der Waals surface area contributed by atoms with Crippen molar-refractivity contribution in [2.24, 2.45) is 5.73 Å². The zero-order valence-corrected chi connectivity index (χ0v) is 16.4. The minimum Gasteiger partial charge on any atom is -0.497 e. The van der Waals surface area contributed by atoms with Crippen LogP contribution in [-0.2, 0) is 22.6 Å². The number of nitrogens with two attached hydrogens (primary N) is 1. The number of nitrogens with zero attached hydrogens (tertiary/aromatic N) is 3. The van der Waals surface area contributed by atoms with E-state index in [1.54, 1.807) is 37.3 Å². The first-order valence-electron chi connectivity index (χ1n) is 9.27. The second kappa shape index (κ2) is 9.70. The smallest absolute Gasteiger partial charge is 0.323 e. The molecule has 0 radical (unpaired) electrons. The molecule has 1 aromatic carbocycles. The van der Waals surface area contributed by atoms with Crippen LogP contribution < -0.4 is 15.2 Å². The molecule has 8 heteroatoms. The third kappa shape index (κ3) is 5.55. The van der Waals surface area contributed by atoms with Gasteiger partial charge < -0.3 is 19.9 Å². The molecule has 2 N–H and O–H groups in total. The number of hydrogen-bond acceptors (Lipinski definition) is 7. The lowest BCUT2D eigenvalue weighted by Crippen LogP contribution is -2.34. The summed E-state index contributed by atoms with van der Waals surface area (Å²) in [4.78, 5) is 16.0. The molecule has 152 valence electrons. The van der Waals surface area contributed by atoms with Crippen molar-refractivity contribution in [3.8, 4) is 17.3 Å². The lowest BCUT2D eigenvalue weighted by molar-refractivity contribution is -0.144. The van der Waals surface area contributed by atoms with Gasteiger partial charge >= 0.3 is 5.97 Å². The van der Waals surface area contributed by atoms with Crippen LogP contribution in [0.1, 0.15) is 18.1 Å². The highest BCUT2D eigenvalue weighted by molar-refractivity contribution is 5.75. The van der Waals surface area contributed by atoms with Crippen LogP contribution in [0.4, 0.5) is 0 Å². The Labute approximate surface area is 169 Å². The Morgan fingerprint density at radius 3 is 2.52 bits per heavy atom. The van der Waals surface area contributed by atoms with Gasteiger partial charge in [0.2, 0.25) is 0 Å². The molecule has 0 amide bonds. The van der Waals surface area contributed by atoms with Crippen molar-refractivity contribution < 1.29 is 19.0 Å². The molecule has 0 spiro atoms. The van der Waals surface area contributed by atoms with Crippen LogP contribution in [0.5, 0.6) is 11.5 Å². The average Bonchev–Trinajstić information content (AvgIpc) is 3.21. The number of esters is 1. The van der Waals surface area contributed by atoms with Crippen LogP contribution in [0.15, 0.2) is 55.0 Å². The number of hydrogen-bond donors (Lipinski definition) is 1. The quantitative estimate of drug-likeness (QED) is 0.554. The first kappa shape index (κ1) is 20.3. The Balaban J connectivity index is 1.57. The maximum absolute atomic E-state index is 11.7. The van der Waals surface area contributed by atoms with Gasteiger partial charge in [-0.15, -0.1) is 0 Å². The predicted octanol–water partition coefficient (Wildman–Crippen LogP) is 2.29. The van der Waals surface area contributed by atoms with E-state index in [0.29, 0.717) is 31.2 Å². The zero-order valence-electron chi connectivity index (χ0n) is 16.4. The molecule has 1 unspecified atom stereocenters. The maximum Gasteiger partial charge on any atom is 0.323 e. The predicted molar refractivity (Wildman–Crippen MR) is 107 cm³/mol. The molecule has 3 rings (SSSR count). The molecule has 0 aliphatic rings. The Hall–Kier alpha value is -3.39. The normalized spacial score (nSPS) is 11.7. The van der Waals surface area contributed by atoms with Crippen molar-refractivity contribution in [2.45, 2.75) is 26.0 Å². The lowest BCUT2D eigenvalue weighted by Gasteiger charge is -2.08. The first-order chi connectivity index (χ1) is 14.1. The summed E-state index contributed by atoms with van der Waals surface area (Å²) in [6, 6.07) is 10.6. The third-order valence-electron chi connectivity index (χ3n) is 4.20. The Bertz CT molecular complexity index is 923. The number of carbonyl (C=O) groups excluding carboxylic acids is 1. The molecule has 1 atom stereocenters. The van der Waals surface area contributed by atoms with Crippen LogP contribution in [0.2, 0.25) is 0 Å². The first-order valence-corrected chi connectivity index (χ1v) is 9.27. The molecule has 3 aromatic rings. The topological polar surface area (TPSA) is 101 Å². The molecule has 0 saturated carbocycles. The monoisotopic (exact) mass is 396 g/mol. The van der Waals surface area contributed by atoms with E-state index in [0.717, 1.165) is 16.9 Å². The second-order valence-corrected chi connectivity index (χ2v) is 6.34. The van der Waals surface area contributed by atoms with Crippen molar-refractivity contribution >= 4 is 5.97 Å². The van der Waals surface area contributed by atoms with E-state index in [9.17, 15) is 4.79 Å². The van der Waals surface area contributed by atoms with E-state index in [4.69, 9.17) is 19.9 Å². The van der Waals surface area contributed by atoms with Gasteiger partial charge in [-0.1, -0.05) is 12.1 Å². The van der Waals surface area contributed by atoms with Crippen molar-refractivity contribution in [1.29, 1.82) is 0 Å². The molecular weight excluding hydrogens is 372 g/mol. The van der Waals surface area contributed by atoms with Gasteiger partial charge in [0.15, 0.2) is 5.82 Å². The molecule has 29 heavy (non-hydrogen) atoms. The highest BCUT2D eigenvalue weighted by atomic mass is 16.5. The summed E-state index contributed by atoms with van der Waals surface area (Å²) in [7, 11) is 1.63. The van der Waals surface area contributed by atoms with Gasteiger partial charge in [0, 0.05) is 12.6 Å². The van der Waals surface area contributed by atoms with Gasteiger partial charge in [0.25, 0.3) is 0 Å². The molecule has 2 heterocycles. The van der Waals surface area contributed by atoms with Crippen LogP contribution >= 0.6 is 0 Å². The molecule has 0 bridgehead atoms. The van der Waals surface area contributed by atoms with Crippen LogP contribution in [0.25, 0.3) is 5.82 Å². The summed E-state index contributed by atoms with van der Waals surface area (Å²) < 4.78 is 17.5. The summed E-state index contributed by atoms with van der Waals surface area (Å²) in [5.74, 6) is 1.68. The number of carbonyl (C=O) groups is 1. The number of ether oxygens (including phenoxy) is 3. The third-order valence-corrected chi connectivity index (χ3v) is 4.20. The number of aromatic nitrogens is 3. The highest BCUT2D eigenvalue weighted by Gasteiger charge is 2.16. The van der Waals surface area contributed by atoms with Crippen molar-refractivity contribution in [3.63, 3.8) is 0 Å². The minimum absolute atomic E-state index is 0.308. The summed E-state index contributed by atoms with van der Waals surface area (Å²) in [6.07, 6.45) is 5.45. The zero-order chi connectivity index (χ0) is 20.6. The standard InChI is InChI=1S/C21H24N4O4/c1-3-28-21(26)19(22)10-16-11-24-25(13-16)20-9-8-18(12-23-20)29-14-15-4-6-17(27-2)7-5-15/h4-9,11-13,19H,3,10,14,22H2,1-2H3. The van der Waals surface area contributed by atoms with Crippen LogP contribution in [0.3, 0.4) is 0 Å². The number of methoxy groups -OCH3 is 1. The Kier molecular flexibility index (Phi) is 6.80. The fraction of sp³-hybridized carbons (Fsp3) is 0.286. The minimum atomic E-state index is -0.714. The van der Waals surface area contributed by atoms with E-state index in [1.807, 2.05) is 36.4 Å². The average molecular weight is 396 g/mol. The number of rotatable bonds is 9. The molecule has 8 nitrogen and oxygen atoms in total. The molecule has 0 saturated heterocycles. The fourth-order valence-corrected chi connectivity index (χ4v) is 2.66. The fourth-order valence-electron chi connectivity index (χ4n) is 2.66. The summed E-state index contributed by atoms with van der Waals surface area (Å²) in [6.45, 7) is 2.49. The lowest BCUT2D eigenvalue weighted by atomic mass is 10.1. The van der Waals surface area contributed by atoms with Gasteiger partial charge in [-0.2, -0.15) is 5.10 Å².